The molecule has 3 aromatic rings. The maximum Gasteiger partial charge on any atom is 0.248 e. The zero-order valence-electron chi connectivity index (χ0n) is 17.8. The average molecular weight is 420 g/mol. The number of aromatic nitrogens is 2. The molecule has 1 aliphatic heterocycles. The zero-order valence-corrected chi connectivity index (χ0v) is 17.8. The summed E-state index contributed by atoms with van der Waals surface area (Å²) in [5.74, 6) is -0.0248. The van der Waals surface area contributed by atoms with Gasteiger partial charge in [-0.2, -0.15) is 0 Å². The van der Waals surface area contributed by atoms with E-state index in [1.807, 2.05) is 49.5 Å². The van der Waals surface area contributed by atoms with Gasteiger partial charge in [0.05, 0.1) is 11.7 Å². The predicted octanol–water partition coefficient (Wildman–Crippen LogP) is 3.78. The van der Waals surface area contributed by atoms with Crippen molar-refractivity contribution in [2.24, 2.45) is 5.73 Å². The number of nitrogens with two attached hydrogens (primary N) is 1. The number of carbonyl (C=O) groups excluding carboxylic acids is 1. The van der Waals surface area contributed by atoms with E-state index >= 15 is 0 Å². The Hall–Kier alpha value is -3.32. The summed E-state index contributed by atoms with van der Waals surface area (Å²) in [6.45, 7) is 1.68. The third-order valence-electron chi connectivity index (χ3n) is 5.66. The molecule has 7 heteroatoms. The lowest BCUT2D eigenvalue weighted by Gasteiger charge is -2.26. The highest BCUT2D eigenvalue weighted by molar-refractivity contribution is 5.93. The minimum atomic E-state index is -0.452. The summed E-state index contributed by atoms with van der Waals surface area (Å²) >= 11 is 0. The second-order valence-corrected chi connectivity index (χ2v) is 8.06. The highest BCUT2D eigenvalue weighted by atomic mass is 19.1. The van der Waals surface area contributed by atoms with Gasteiger partial charge in [0.25, 0.3) is 0 Å². The molecule has 2 heterocycles. The summed E-state index contributed by atoms with van der Waals surface area (Å²) in [7, 11) is 3.84. The number of anilines is 1. The topological polar surface area (TPSA) is 75.4 Å². The third kappa shape index (κ3) is 4.56. The van der Waals surface area contributed by atoms with E-state index in [0.29, 0.717) is 11.5 Å². The first-order valence-corrected chi connectivity index (χ1v) is 10.4. The van der Waals surface area contributed by atoms with E-state index < -0.39 is 5.91 Å². The fraction of sp³-hybridized carbons (Fsp3) is 0.292. The molecule has 0 saturated carbocycles. The number of likely N-dealkylation sites (tertiary alicyclic amines) is 1. The summed E-state index contributed by atoms with van der Waals surface area (Å²) in [5, 5.41) is 0. The standard InChI is InChI=1S/C24H26FN5O/c1-29(2)24-27-14-20(17-7-9-18(10-8-17)23(26)31)22(28-24)21-4-3-13-30(21)15-16-5-11-19(25)12-6-16/h5-12,14,21H,3-4,13,15H2,1-2H3,(H2,26,31). The minimum absolute atomic E-state index is 0.123. The smallest absolute Gasteiger partial charge is 0.248 e. The Morgan fingerprint density at radius 1 is 1.16 bits per heavy atom. The molecule has 1 amide bonds. The molecule has 6 nitrogen and oxygen atoms in total. The van der Waals surface area contributed by atoms with Crippen LogP contribution in [0.1, 0.15) is 40.5 Å². The van der Waals surface area contributed by atoms with Crippen LogP contribution in [0.15, 0.2) is 54.7 Å². The Labute approximate surface area is 181 Å². The largest absolute Gasteiger partial charge is 0.366 e. The number of primary amides is 1. The van der Waals surface area contributed by atoms with Crippen LogP contribution in [-0.2, 0) is 6.54 Å². The molecule has 1 fully saturated rings. The maximum absolute atomic E-state index is 13.3. The van der Waals surface area contributed by atoms with Gasteiger partial charge < -0.3 is 10.6 Å². The number of rotatable bonds is 6. The summed E-state index contributed by atoms with van der Waals surface area (Å²) in [4.78, 5) is 25.2. The summed E-state index contributed by atoms with van der Waals surface area (Å²) < 4.78 is 13.3. The van der Waals surface area contributed by atoms with E-state index in [9.17, 15) is 9.18 Å². The van der Waals surface area contributed by atoms with Crippen molar-refractivity contribution in [2.45, 2.75) is 25.4 Å². The van der Waals surface area contributed by atoms with Crippen molar-refractivity contribution in [3.63, 3.8) is 0 Å². The monoisotopic (exact) mass is 419 g/mol. The van der Waals surface area contributed by atoms with Crippen LogP contribution < -0.4 is 10.6 Å². The van der Waals surface area contributed by atoms with Crippen LogP contribution in [0.4, 0.5) is 10.3 Å². The molecule has 1 atom stereocenters. The molecular weight excluding hydrogens is 393 g/mol. The number of halogens is 1. The maximum atomic E-state index is 13.3. The Morgan fingerprint density at radius 2 is 1.87 bits per heavy atom. The van der Waals surface area contributed by atoms with Crippen LogP contribution in [-0.4, -0.2) is 41.4 Å². The van der Waals surface area contributed by atoms with Crippen LogP contribution in [0.5, 0.6) is 0 Å². The van der Waals surface area contributed by atoms with Crippen molar-refractivity contribution in [3.8, 4) is 11.1 Å². The van der Waals surface area contributed by atoms with Crippen molar-refractivity contribution in [1.29, 1.82) is 0 Å². The lowest BCUT2D eigenvalue weighted by atomic mass is 9.98. The first-order chi connectivity index (χ1) is 14.9. The molecule has 0 bridgehead atoms. The Kier molecular flexibility index (Phi) is 5.95. The number of nitrogens with zero attached hydrogens (tertiary/aromatic N) is 4. The molecule has 0 aliphatic carbocycles. The van der Waals surface area contributed by atoms with E-state index in [0.717, 1.165) is 48.3 Å². The van der Waals surface area contributed by atoms with Crippen LogP contribution in [0, 0.1) is 5.82 Å². The number of benzene rings is 2. The molecule has 1 aliphatic rings. The van der Waals surface area contributed by atoms with Crippen molar-refractivity contribution >= 4 is 11.9 Å². The number of carbonyl (C=O) groups is 1. The molecule has 1 saturated heterocycles. The summed E-state index contributed by atoms with van der Waals surface area (Å²) in [5.41, 5.74) is 9.77. The molecule has 160 valence electrons. The first-order valence-electron chi connectivity index (χ1n) is 10.4. The number of amides is 1. The van der Waals surface area contributed by atoms with Gasteiger partial charge in [-0.1, -0.05) is 24.3 Å². The molecule has 0 radical (unpaired) electrons. The lowest BCUT2D eigenvalue weighted by molar-refractivity contribution is 0.100. The summed E-state index contributed by atoms with van der Waals surface area (Å²) in [6, 6.07) is 14.0. The molecule has 1 unspecified atom stereocenters. The van der Waals surface area contributed by atoms with Gasteiger partial charge in [0.1, 0.15) is 5.82 Å². The first kappa shape index (κ1) is 20.9. The highest BCUT2D eigenvalue weighted by Crippen LogP contribution is 2.38. The van der Waals surface area contributed by atoms with Crippen molar-refractivity contribution in [3.05, 3.63) is 77.4 Å². The molecule has 4 rings (SSSR count). The predicted molar refractivity (Wildman–Crippen MR) is 119 cm³/mol. The van der Waals surface area contributed by atoms with Gasteiger partial charge in [-0.25, -0.2) is 14.4 Å². The average Bonchev–Trinajstić information content (AvgIpc) is 3.23. The van der Waals surface area contributed by atoms with Gasteiger partial charge in [-0.15, -0.1) is 0 Å². The normalized spacial score (nSPS) is 16.4. The molecular formula is C24H26FN5O. The molecule has 2 N–H and O–H groups in total. The van der Waals surface area contributed by atoms with Gasteiger partial charge in [-0.3, -0.25) is 9.69 Å². The minimum Gasteiger partial charge on any atom is -0.366 e. The molecule has 2 aromatic carbocycles. The van der Waals surface area contributed by atoms with Crippen LogP contribution in [0.2, 0.25) is 0 Å². The van der Waals surface area contributed by atoms with Gasteiger partial charge in [0.2, 0.25) is 11.9 Å². The third-order valence-corrected chi connectivity index (χ3v) is 5.66. The van der Waals surface area contributed by atoms with E-state index in [1.54, 1.807) is 12.1 Å². The van der Waals surface area contributed by atoms with E-state index in [4.69, 9.17) is 10.7 Å². The number of hydrogen-bond acceptors (Lipinski definition) is 5. The summed E-state index contributed by atoms with van der Waals surface area (Å²) in [6.07, 6.45) is 3.90. The van der Waals surface area contributed by atoms with Gasteiger partial charge in [0.15, 0.2) is 0 Å². The second kappa shape index (κ2) is 8.81. The van der Waals surface area contributed by atoms with E-state index in [2.05, 4.69) is 9.88 Å². The Morgan fingerprint density at radius 3 is 2.52 bits per heavy atom. The fourth-order valence-electron chi connectivity index (χ4n) is 4.04. The van der Waals surface area contributed by atoms with Gasteiger partial charge in [-0.05, 0) is 54.8 Å². The lowest BCUT2D eigenvalue weighted by Crippen LogP contribution is -2.25. The van der Waals surface area contributed by atoms with E-state index in [1.165, 1.54) is 12.1 Å². The van der Waals surface area contributed by atoms with Crippen molar-refractivity contribution < 1.29 is 9.18 Å². The SMILES string of the molecule is CN(C)c1ncc(-c2ccc(C(N)=O)cc2)c(C2CCCN2Cc2ccc(F)cc2)n1. The molecule has 31 heavy (non-hydrogen) atoms. The fourth-order valence-corrected chi connectivity index (χ4v) is 4.04. The quantitative estimate of drug-likeness (QED) is 0.658. The van der Waals surface area contributed by atoms with Crippen LogP contribution >= 0.6 is 0 Å². The van der Waals surface area contributed by atoms with Gasteiger partial charge in [0, 0.05) is 38.0 Å². The Bertz CT molecular complexity index is 1070. The zero-order chi connectivity index (χ0) is 22.0. The van der Waals surface area contributed by atoms with Crippen LogP contribution in [0.25, 0.3) is 11.1 Å². The highest BCUT2D eigenvalue weighted by Gasteiger charge is 2.30. The van der Waals surface area contributed by atoms with E-state index in [-0.39, 0.29) is 11.9 Å². The van der Waals surface area contributed by atoms with Crippen molar-refractivity contribution in [1.82, 2.24) is 14.9 Å². The second-order valence-electron chi connectivity index (χ2n) is 8.06. The van der Waals surface area contributed by atoms with Crippen molar-refractivity contribution in [2.75, 3.05) is 25.5 Å². The number of hydrogen-bond donors (Lipinski definition) is 1. The van der Waals surface area contributed by atoms with Gasteiger partial charge >= 0.3 is 0 Å². The molecule has 0 spiro atoms. The Balaban J connectivity index is 1.71. The van der Waals surface area contributed by atoms with Crippen LogP contribution in [0.3, 0.4) is 0 Å². The molecule has 1 aromatic heterocycles.